The fourth-order valence-electron chi connectivity index (χ4n) is 7.70. The number of hydrogen-bond acceptors (Lipinski definition) is 2. The predicted octanol–water partition coefficient (Wildman–Crippen LogP) is 13.5. The molecule has 1 unspecified atom stereocenters. The van der Waals surface area contributed by atoms with Crippen LogP contribution in [0.15, 0.2) is 179 Å². The van der Waals surface area contributed by atoms with E-state index in [0.717, 1.165) is 67.3 Å². The third-order valence-electron chi connectivity index (χ3n) is 10.4. The van der Waals surface area contributed by atoms with Crippen LogP contribution in [0, 0.1) is 0 Å². The van der Waals surface area contributed by atoms with Crippen LogP contribution >= 0.6 is 0 Å². The van der Waals surface area contributed by atoms with E-state index in [1.165, 1.54) is 27.6 Å². The van der Waals surface area contributed by atoms with Gasteiger partial charge in [0.15, 0.2) is 5.84 Å². The summed E-state index contributed by atoms with van der Waals surface area (Å²) in [6.07, 6.45) is 5.60. The van der Waals surface area contributed by atoms with Gasteiger partial charge in [0, 0.05) is 22.0 Å². The highest BCUT2D eigenvalue weighted by Crippen LogP contribution is 2.42. The van der Waals surface area contributed by atoms with E-state index in [1.807, 2.05) is 55.5 Å². The van der Waals surface area contributed by atoms with Crippen molar-refractivity contribution in [1.82, 2.24) is 0 Å². The number of amidine groups is 1. The molecule has 0 saturated heterocycles. The summed E-state index contributed by atoms with van der Waals surface area (Å²) in [4.78, 5) is 10.3. The molecule has 0 N–H and O–H groups in total. The van der Waals surface area contributed by atoms with Crippen LogP contribution in [-0.4, -0.2) is 11.5 Å². The molecule has 0 amide bonds. The summed E-state index contributed by atoms with van der Waals surface area (Å²) in [5, 5.41) is 4.47. The van der Waals surface area contributed by atoms with Gasteiger partial charge >= 0.3 is 0 Å². The smallest absolute Gasteiger partial charge is 0.160 e. The number of rotatable bonds is 6. The average molecular weight is 683 g/mol. The Kier molecular flexibility index (Phi) is 8.25. The van der Waals surface area contributed by atoms with Gasteiger partial charge in [-0.3, -0.25) is 0 Å². The van der Waals surface area contributed by atoms with Crippen LogP contribution in [0.4, 0.5) is 0 Å². The Hall–Kier alpha value is -6.58. The van der Waals surface area contributed by atoms with Gasteiger partial charge in [-0.15, -0.1) is 0 Å². The maximum absolute atomic E-state index is 6.73. The van der Waals surface area contributed by atoms with Crippen molar-refractivity contribution >= 4 is 56.0 Å². The van der Waals surface area contributed by atoms with E-state index in [0.29, 0.717) is 17.5 Å². The van der Waals surface area contributed by atoms with Gasteiger partial charge in [0.2, 0.25) is 0 Å². The molecule has 8 aromatic rings. The van der Waals surface area contributed by atoms with Crippen LogP contribution in [0.5, 0.6) is 0 Å². The van der Waals surface area contributed by atoms with E-state index in [9.17, 15) is 0 Å². The van der Waals surface area contributed by atoms with Gasteiger partial charge in [0.1, 0.15) is 11.2 Å². The van der Waals surface area contributed by atoms with Crippen LogP contribution in [0.25, 0.3) is 66.7 Å². The molecule has 0 radical (unpaired) electrons. The number of fused-ring (bicyclic) bond motifs is 5. The second-order valence-electron chi connectivity index (χ2n) is 13.9. The highest BCUT2D eigenvalue weighted by atomic mass is 16.3. The fourth-order valence-corrected chi connectivity index (χ4v) is 7.70. The van der Waals surface area contributed by atoms with Crippen LogP contribution in [0.1, 0.15) is 54.0 Å². The zero-order valence-corrected chi connectivity index (χ0v) is 29.9. The third-order valence-corrected chi connectivity index (χ3v) is 10.4. The molecule has 1 aromatic heterocycles. The van der Waals surface area contributed by atoms with Crippen molar-refractivity contribution in [3.8, 4) is 22.3 Å². The molecule has 0 aliphatic heterocycles. The topological polar surface area (TPSA) is 37.9 Å². The van der Waals surface area contributed by atoms with Gasteiger partial charge in [-0.05, 0) is 98.8 Å². The zero-order chi connectivity index (χ0) is 35.9. The molecule has 3 nitrogen and oxygen atoms in total. The molecule has 7 aromatic carbocycles. The quantitative estimate of drug-likeness (QED) is 0.127. The molecule has 0 fully saturated rings. The molecule has 9 rings (SSSR count). The maximum Gasteiger partial charge on any atom is 0.160 e. The van der Waals surface area contributed by atoms with Crippen LogP contribution in [-0.2, 0) is 0 Å². The Balaban J connectivity index is 1.26. The lowest BCUT2D eigenvalue weighted by Gasteiger charge is -2.22. The fraction of sp³-hybridized carbons (Fsp3) is 0.0800. The van der Waals surface area contributed by atoms with Crippen molar-refractivity contribution in [2.24, 2.45) is 9.98 Å². The van der Waals surface area contributed by atoms with Gasteiger partial charge in [-0.2, -0.15) is 0 Å². The van der Waals surface area contributed by atoms with Gasteiger partial charge in [0.05, 0.1) is 5.70 Å². The monoisotopic (exact) mass is 682 g/mol. The van der Waals surface area contributed by atoms with Crippen molar-refractivity contribution in [3.63, 3.8) is 0 Å². The lowest BCUT2D eigenvalue weighted by molar-refractivity contribution is 0.669. The Bertz CT molecular complexity index is 2770. The van der Waals surface area contributed by atoms with Gasteiger partial charge in [-0.1, -0.05) is 153 Å². The van der Waals surface area contributed by atoms with Gasteiger partial charge in [-0.25, -0.2) is 9.98 Å². The number of hydrogen-bond donors (Lipinski definition) is 0. The summed E-state index contributed by atoms with van der Waals surface area (Å²) < 4.78 is 6.73. The summed E-state index contributed by atoms with van der Waals surface area (Å²) in [6, 6.07) is 53.1. The zero-order valence-electron chi connectivity index (χ0n) is 29.9. The normalized spacial score (nSPS) is 14.6. The summed E-state index contributed by atoms with van der Waals surface area (Å²) in [7, 11) is 0. The minimum atomic E-state index is 0.470. The number of aliphatic imine (C=N–C) groups is 2. The molecule has 0 bridgehead atoms. The molecule has 3 heteroatoms. The molecule has 1 aliphatic rings. The predicted molar refractivity (Wildman–Crippen MR) is 225 cm³/mol. The minimum absolute atomic E-state index is 0.470. The Morgan fingerprint density at radius 3 is 2.02 bits per heavy atom. The number of nitrogens with zero attached hydrogens (tertiary/aromatic N) is 2. The number of furan rings is 1. The highest BCUT2D eigenvalue weighted by molar-refractivity contribution is 6.19. The van der Waals surface area contributed by atoms with Crippen molar-refractivity contribution in [3.05, 3.63) is 192 Å². The van der Waals surface area contributed by atoms with E-state index in [2.05, 4.69) is 129 Å². The summed E-state index contributed by atoms with van der Waals surface area (Å²) in [5.74, 6) is 1.04. The Morgan fingerprint density at radius 1 is 0.623 bits per heavy atom. The van der Waals surface area contributed by atoms with Crippen molar-refractivity contribution < 1.29 is 4.42 Å². The first-order valence-corrected chi connectivity index (χ1v) is 18.2. The Labute approximate surface area is 310 Å². The molecule has 254 valence electrons. The van der Waals surface area contributed by atoms with E-state index in [4.69, 9.17) is 14.4 Å². The van der Waals surface area contributed by atoms with Crippen LogP contribution in [0.3, 0.4) is 0 Å². The number of benzene rings is 7. The van der Waals surface area contributed by atoms with Crippen LogP contribution in [0.2, 0.25) is 0 Å². The first-order chi connectivity index (χ1) is 26.0. The lowest BCUT2D eigenvalue weighted by Crippen LogP contribution is -2.05. The Morgan fingerprint density at radius 2 is 1.28 bits per heavy atom. The van der Waals surface area contributed by atoms with Gasteiger partial charge < -0.3 is 4.42 Å². The van der Waals surface area contributed by atoms with Crippen molar-refractivity contribution in [2.75, 3.05) is 0 Å². The molecular weight excluding hydrogens is 645 g/mol. The molecular formula is C50H38N2O. The van der Waals surface area contributed by atoms with Gasteiger partial charge in [0.25, 0.3) is 0 Å². The van der Waals surface area contributed by atoms with E-state index in [1.54, 1.807) is 0 Å². The van der Waals surface area contributed by atoms with Crippen LogP contribution < -0.4 is 0 Å². The summed E-state index contributed by atoms with van der Waals surface area (Å²) in [5.41, 5.74) is 13.4. The molecule has 1 atom stereocenters. The second kappa shape index (κ2) is 13.5. The second-order valence-corrected chi connectivity index (χ2v) is 13.9. The number of allylic oxidation sites excluding steroid dienone is 1. The molecule has 53 heavy (non-hydrogen) atoms. The van der Waals surface area contributed by atoms with Crippen molar-refractivity contribution in [1.29, 1.82) is 0 Å². The highest BCUT2D eigenvalue weighted by Gasteiger charge is 2.20. The van der Waals surface area contributed by atoms with E-state index >= 15 is 0 Å². The molecule has 1 aliphatic carbocycles. The average Bonchev–Trinajstić information content (AvgIpc) is 3.57. The van der Waals surface area contributed by atoms with E-state index < -0.39 is 0 Å². The summed E-state index contributed by atoms with van der Waals surface area (Å²) in [6.45, 7) is 8.72. The van der Waals surface area contributed by atoms with E-state index in [-0.39, 0.29) is 0 Å². The first-order valence-electron chi connectivity index (χ1n) is 18.2. The lowest BCUT2D eigenvalue weighted by atomic mass is 9.82. The molecule has 1 heterocycles. The standard InChI is InChI=1S/C50H38N2O/c1-32-14-12-21-39-22-13-23-43(48(32)39)37-24-26-38(27-25-37)44-29-42(31-47-49(44)45-28-40-19-10-11-20-41(40)30-46(45)53-47)50(51-33(2)35-15-6-4-7-16-35)52-34(3)36-17-8-5-9-18-36/h4-13,15-32H,2,14H2,1,3H3. The first kappa shape index (κ1) is 32.3. The summed E-state index contributed by atoms with van der Waals surface area (Å²) >= 11 is 0. The molecule has 0 saturated carbocycles. The maximum atomic E-state index is 6.73. The largest absolute Gasteiger partial charge is 0.456 e. The minimum Gasteiger partial charge on any atom is -0.456 e. The molecule has 0 spiro atoms. The third kappa shape index (κ3) is 6.11. The van der Waals surface area contributed by atoms with Crippen molar-refractivity contribution in [2.45, 2.75) is 26.2 Å². The SMILES string of the molecule is C=C(N=C(N=C(C)c1ccccc1)c1cc(-c2ccc(-c3cccc4c3C(C)CC=C4)cc2)c2c(c1)oc1cc3ccccc3cc12)c1ccccc1.